The third-order valence-corrected chi connectivity index (χ3v) is 1.21. The van der Waals surface area contributed by atoms with Crippen LogP contribution in [0.25, 0.3) is 0 Å². The smallest absolute Gasteiger partial charge is 0.315 e. The maximum atomic E-state index is 11.6. The summed E-state index contributed by atoms with van der Waals surface area (Å²) in [6, 6.07) is 0. The zero-order valence-electron chi connectivity index (χ0n) is 7.14. The number of nitrogens with one attached hydrogen (secondary N) is 1. The second-order valence-corrected chi connectivity index (χ2v) is 2.31. The molecule has 1 atom stereocenters. The Morgan fingerprint density at radius 3 is 2.58 bits per heavy atom. The van der Waals surface area contributed by atoms with Crippen LogP contribution in [-0.4, -0.2) is 31.6 Å². The summed E-state index contributed by atoms with van der Waals surface area (Å²) in [5, 5.41) is 2.05. The molecule has 0 saturated heterocycles. The molecule has 0 heterocycles. The van der Waals surface area contributed by atoms with Crippen LogP contribution >= 0.6 is 0 Å². The van der Waals surface area contributed by atoms with Gasteiger partial charge in [0.1, 0.15) is 0 Å². The molecule has 0 aromatic carbocycles. The molecule has 3 nitrogen and oxygen atoms in total. The maximum Gasteiger partial charge on any atom is 0.315 e. The SMILES string of the molecule is CCOC(C)CNC(=O)C(F)F. The van der Waals surface area contributed by atoms with Crippen LogP contribution in [0.2, 0.25) is 0 Å². The third kappa shape index (κ3) is 5.01. The minimum atomic E-state index is -2.95. The van der Waals surface area contributed by atoms with Crippen LogP contribution in [0.3, 0.4) is 0 Å². The van der Waals surface area contributed by atoms with Gasteiger partial charge in [0.15, 0.2) is 0 Å². The standard InChI is InChI=1S/C7H13F2NO2/c1-3-12-5(2)4-10-7(11)6(8)9/h5-6H,3-4H2,1-2H3,(H,10,11). The molecule has 0 radical (unpaired) electrons. The molecule has 12 heavy (non-hydrogen) atoms. The molecule has 0 fully saturated rings. The van der Waals surface area contributed by atoms with Crippen molar-refractivity contribution in [1.29, 1.82) is 0 Å². The van der Waals surface area contributed by atoms with E-state index in [1.54, 1.807) is 13.8 Å². The van der Waals surface area contributed by atoms with Gasteiger partial charge < -0.3 is 10.1 Å². The van der Waals surface area contributed by atoms with Crippen LogP contribution in [-0.2, 0) is 9.53 Å². The maximum absolute atomic E-state index is 11.6. The van der Waals surface area contributed by atoms with E-state index < -0.39 is 12.3 Å². The Morgan fingerprint density at radius 1 is 1.58 bits per heavy atom. The van der Waals surface area contributed by atoms with Crippen LogP contribution in [0, 0.1) is 0 Å². The van der Waals surface area contributed by atoms with E-state index in [1.807, 2.05) is 0 Å². The van der Waals surface area contributed by atoms with Gasteiger partial charge in [0.2, 0.25) is 0 Å². The first-order chi connectivity index (χ1) is 5.57. The summed E-state index contributed by atoms with van der Waals surface area (Å²) in [6.45, 7) is 4.13. The summed E-state index contributed by atoms with van der Waals surface area (Å²) >= 11 is 0. The molecule has 0 aliphatic heterocycles. The van der Waals surface area contributed by atoms with Gasteiger partial charge in [0, 0.05) is 13.2 Å². The molecule has 1 N–H and O–H groups in total. The summed E-state index contributed by atoms with van der Waals surface area (Å²) < 4.78 is 28.2. The lowest BCUT2D eigenvalue weighted by atomic mass is 10.4. The van der Waals surface area contributed by atoms with Crippen LogP contribution in [0.15, 0.2) is 0 Å². The van der Waals surface area contributed by atoms with Gasteiger partial charge in [-0.2, -0.15) is 8.78 Å². The fraction of sp³-hybridized carbons (Fsp3) is 0.857. The van der Waals surface area contributed by atoms with Crippen LogP contribution < -0.4 is 5.32 Å². The van der Waals surface area contributed by atoms with E-state index in [-0.39, 0.29) is 12.6 Å². The predicted octanol–water partition coefficient (Wildman–Crippen LogP) is 0.793. The lowest BCUT2D eigenvalue weighted by Gasteiger charge is -2.11. The van der Waals surface area contributed by atoms with Crippen molar-refractivity contribution in [2.24, 2.45) is 0 Å². The summed E-state index contributed by atoms with van der Waals surface area (Å²) in [7, 11) is 0. The number of amides is 1. The average molecular weight is 181 g/mol. The Hall–Kier alpha value is -0.710. The Morgan fingerprint density at radius 2 is 2.17 bits per heavy atom. The molecule has 0 aromatic heterocycles. The van der Waals surface area contributed by atoms with Gasteiger partial charge >= 0.3 is 6.43 Å². The number of rotatable bonds is 5. The van der Waals surface area contributed by atoms with Gasteiger partial charge in [-0.15, -0.1) is 0 Å². The first kappa shape index (κ1) is 11.3. The highest BCUT2D eigenvalue weighted by Crippen LogP contribution is 1.92. The number of hydrogen-bond acceptors (Lipinski definition) is 2. The number of halogens is 2. The minimum absolute atomic E-state index is 0.122. The number of ether oxygens (including phenoxy) is 1. The molecular weight excluding hydrogens is 168 g/mol. The van der Waals surface area contributed by atoms with Crippen LogP contribution in [0.4, 0.5) is 8.78 Å². The normalized spacial score (nSPS) is 13.1. The highest BCUT2D eigenvalue weighted by molar-refractivity contribution is 5.79. The molecule has 0 spiro atoms. The molecule has 0 aliphatic rings. The van der Waals surface area contributed by atoms with Crippen molar-refractivity contribution in [3.63, 3.8) is 0 Å². The van der Waals surface area contributed by atoms with Gasteiger partial charge in [-0.3, -0.25) is 4.79 Å². The summed E-state index contributed by atoms with van der Waals surface area (Å²) in [4.78, 5) is 10.3. The first-order valence-corrected chi connectivity index (χ1v) is 3.75. The van der Waals surface area contributed by atoms with E-state index in [0.29, 0.717) is 6.61 Å². The molecule has 5 heteroatoms. The second-order valence-electron chi connectivity index (χ2n) is 2.31. The molecular formula is C7H13F2NO2. The second kappa shape index (κ2) is 5.88. The van der Waals surface area contributed by atoms with E-state index in [2.05, 4.69) is 5.32 Å². The molecule has 0 aromatic rings. The Kier molecular flexibility index (Phi) is 5.53. The van der Waals surface area contributed by atoms with Crippen molar-refractivity contribution >= 4 is 5.91 Å². The number of hydrogen-bond donors (Lipinski definition) is 1. The third-order valence-electron chi connectivity index (χ3n) is 1.21. The Bertz CT molecular complexity index is 141. The average Bonchev–Trinajstić information content (AvgIpc) is 2.00. The fourth-order valence-corrected chi connectivity index (χ4v) is 0.665. The van der Waals surface area contributed by atoms with Gasteiger partial charge in [0.25, 0.3) is 5.91 Å². The lowest BCUT2D eigenvalue weighted by Crippen LogP contribution is -2.35. The van der Waals surface area contributed by atoms with E-state index in [1.165, 1.54) is 0 Å². The quantitative estimate of drug-likeness (QED) is 0.681. The molecule has 0 bridgehead atoms. The molecule has 1 unspecified atom stereocenters. The van der Waals surface area contributed by atoms with E-state index in [9.17, 15) is 13.6 Å². The lowest BCUT2D eigenvalue weighted by molar-refractivity contribution is -0.132. The zero-order chi connectivity index (χ0) is 9.56. The largest absolute Gasteiger partial charge is 0.377 e. The van der Waals surface area contributed by atoms with Crippen molar-refractivity contribution in [1.82, 2.24) is 5.32 Å². The Balaban J connectivity index is 3.47. The summed E-state index contributed by atoms with van der Waals surface area (Å²) in [6.07, 6.45) is -3.17. The monoisotopic (exact) mass is 181 g/mol. The minimum Gasteiger partial charge on any atom is -0.377 e. The van der Waals surface area contributed by atoms with Crippen molar-refractivity contribution in [3.05, 3.63) is 0 Å². The van der Waals surface area contributed by atoms with Crippen LogP contribution in [0.5, 0.6) is 0 Å². The number of carbonyl (C=O) groups excluding carboxylic acids is 1. The predicted molar refractivity (Wildman–Crippen MR) is 40.1 cm³/mol. The van der Waals surface area contributed by atoms with Crippen LogP contribution in [0.1, 0.15) is 13.8 Å². The summed E-state index contributed by atoms with van der Waals surface area (Å²) in [5.74, 6) is -1.25. The first-order valence-electron chi connectivity index (χ1n) is 3.75. The van der Waals surface area contributed by atoms with Gasteiger partial charge in [-0.05, 0) is 13.8 Å². The van der Waals surface area contributed by atoms with Crippen molar-refractivity contribution < 1.29 is 18.3 Å². The zero-order valence-corrected chi connectivity index (χ0v) is 7.14. The number of carbonyl (C=O) groups is 1. The fourth-order valence-electron chi connectivity index (χ4n) is 0.665. The van der Waals surface area contributed by atoms with E-state index in [0.717, 1.165) is 0 Å². The van der Waals surface area contributed by atoms with Crippen molar-refractivity contribution in [3.8, 4) is 0 Å². The van der Waals surface area contributed by atoms with Gasteiger partial charge in [-0.1, -0.05) is 0 Å². The van der Waals surface area contributed by atoms with Gasteiger partial charge in [0.05, 0.1) is 6.10 Å². The number of alkyl halides is 2. The highest BCUT2D eigenvalue weighted by atomic mass is 19.3. The molecule has 0 aliphatic carbocycles. The van der Waals surface area contributed by atoms with Gasteiger partial charge in [-0.25, -0.2) is 0 Å². The highest BCUT2D eigenvalue weighted by Gasteiger charge is 2.14. The van der Waals surface area contributed by atoms with Crippen molar-refractivity contribution in [2.75, 3.05) is 13.2 Å². The molecule has 72 valence electrons. The molecule has 0 saturated carbocycles. The summed E-state index contributed by atoms with van der Waals surface area (Å²) in [5.41, 5.74) is 0. The molecule has 0 rings (SSSR count). The van der Waals surface area contributed by atoms with E-state index >= 15 is 0 Å². The topological polar surface area (TPSA) is 38.3 Å². The van der Waals surface area contributed by atoms with E-state index in [4.69, 9.17) is 4.74 Å². The Labute approximate surface area is 70.1 Å². The molecule has 1 amide bonds. The van der Waals surface area contributed by atoms with Crippen molar-refractivity contribution in [2.45, 2.75) is 26.4 Å².